The van der Waals surface area contributed by atoms with Crippen LogP contribution in [0.2, 0.25) is 0 Å². The number of hydrogen-bond donors (Lipinski definition) is 1. The fourth-order valence-corrected chi connectivity index (χ4v) is 4.69. The maximum absolute atomic E-state index is 12.4. The molecule has 1 aliphatic carbocycles. The third-order valence-corrected chi connectivity index (χ3v) is 6.17. The van der Waals surface area contributed by atoms with Gasteiger partial charge in [-0.1, -0.05) is 0 Å². The number of alkyl halides is 2. The third kappa shape index (κ3) is 3.21. The molecule has 5 nitrogen and oxygen atoms in total. The first-order chi connectivity index (χ1) is 10.5. The molecule has 0 spiro atoms. The van der Waals surface area contributed by atoms with Crippen molar-refractivity contribution >= 4 is 21.4 Å². The summed E-state index contributed by atoms with van der Waals surface area (Å²) in [5, 5.41) is 3.34. The van der Waals surface area contributed by atoms with E-state index in [-0.39, 0.29) is 11.4 Å². The van der Waals surface area contributed by atoms with Gasteiger partial charge in [-0.3, -0.25) is 0 Å². The van der Waals surface area contributed by atoms with E-state index in [0.29, 0.717) is 4.68 Å². The van der Waals surface area contributed by atoms with Crippen molar-refractivity contribution in [1.82, 2.24) is 14.5 Å². The van der Waals surface area contributed by atoms with E-state index in [2.05, 4.69) is 9.82 Å². The van der Waals surface area contributed by atoms with Gasteiger partial charge in [0.25, 0.3) is 0 Å². The Morgan fingerprint density at radius 1 is 1.36 bits per heavy atom. The lowest BCUT2D eigenvalue weighted by molar-refractivity contribution is 0.0564. The van der Waals surface area contributed by atoms with Crippen LogP contribution in [0.3, 0.4) is 0 Å². The van der Waals surface area contributed by atoms with E-state index in [0.717, 1.165) is 30.1 Å². The highest BCUT2D eigenvalue weighted by Gasteiger charge is 2.20. The van der Waals surface area contributed by atoms with Crippen molar-refractivity contribution in [3.05, 3.63) is 33.8 Å². The molecule has 0 atom stereocenters. The first-order valence-corrected chi connectivity index (χ1v) is 9.18. The number of nitrogens with one attached hydrogen (secondary N) is 1. The minimum absolute atomic E-state index is 0.167. The zero-order valence-corrected chi connectivity index (χ0v) is 13.3. The molecule has 2 aromatic heterocycles. The van der Waals surface area contributed by atoms with Gasteiger partial charge < -0.3 is 0 Å². The molecule has 0 bridgehead atoms. The molecule has 120 valence electrons. The number of nitrogens with zero attached hydrogens (tertiary/aromatic N) is 2. The molecule has 0 amide bonds. The summed E-state index contributed by atoms with van der Waals surface area (Å²) in [6.45, 7) is -2.69. The summed E-state index contributed by atoms with van der Waals surface area (Å²) >= 11 is 1.61. The molecule has 2 heterocycles. The van der Waals surface area contributed by atoms with E-state index in [1.807, 2.05) is 6.07 Å². The smallest absolute Gasteiger partial charge is 0.210 e. The Bertz CT molecular complexity index is 745. The van der Waals surface area contributed by atoms with Gasteiger partial charge in [0.05, 0.1) is 12.4 Å². The first kappa shape index (κ1) is 15.6. The summed E-state index contributed by atoms with van der Waals surface area (Å²) in [6, 6.07) is 2.03. The molecule has 0 unspecified atom stereocenters. The molecule has 0 aromatic carbocycles. The molecule has 22 heavy (non-hydrogen) atoms. The standard InChI is InChI=1S/C13H15F2N3O2S2/c14-13(15)18-8-11(7-16-18)22(19,20)17-6-10-5-9-3-1-2-4-12(9)21-10/h5,7-8,13,17H,1-4,6H2. The molecule has 0 saturated heterocycles. The van der Waals surface area contributed by atoms with Crippen molar-refractivity contribution in [2.24, 2.45) is 0 Å². The zero-order chi connectivity index (χ0) is 15.7. The van der Waals surface area contributed by atoms with Gasteiger partial charge in [-0.05, 0) is 37.3 Å². The Hall–Kier alpha value is -1.32. The Balaban J connectivity index is 1.70. The second-order valence-electron chi connectivity index (χ2n) is 5.13. The van der Waals surface area contributed by atoms with Gasteiger partial charge in [-0.2, -0.15) is 13.9 Å². The lowest BCUT2D eigenvalue weighted by Gasteiger charge is -2.08. The molecule has 3 rings (SSSR count). The average molecular weight is 347 g/mol. The van der Waals surface area contributed by atoms with Gasteiger partial charge in [0.15, 0.2) is 0 Å². The van der Waals surface area contributed by atoms with Crippen LogP contribution in [-0.4, -0.2) is 18.2 Å². The van der Waals surface area contributed by atoms with E-state index < -0.39 is 16.6 Å². The molecular formula is C13H15F2N3O2S2. The number of aromatic nitrogens is 2. The zero-order valence-electron chi connectivity index (χ0n) is 11.6. The number of rotatable bonds is 5. The molecule has 0 saturated carbocycles. The third-order valence-electron chi connectivity index (χ3n) is 3.57. The number of thiophene rings is 1. The number of sulfonamides is 1. The Labute approximate surface area is 131 Å². The van der Waals surface area contributed by atoms with Gasteiger partial charge >= 0.3 is 6.55 Å². The molecule has 0 aliphatic heterocycles. The second kappa shape index (κ2) is 6.05. The van der Waals surface area contributed by atoms with Crippen molar-refractivity contribution in [2.75, 3.05) is 0 Å². The Morgan fingerprint density at radius 3 is 2.82 bits per heavy atom. The van der Waals surface area contributed by atoms with Crippen molar-refractivity contribution in [2.45, 2.75) is 43.7 Å². The molecule has 1 aliphatic rings. The first-order valence-electron chi connectivity index (χ1n) is 6.88. The van der Waals surface area contributed by atoms with Gasteiger partial charge in [-0.15, -0.1) is 11.3 Å². The summed E-state index contributed by atoms with van der Waals surface area (Å²) in [6.07, 6.45) is 6.18. The predicted octanol–water partition coefficient (Wildman–Crippen LogP) is 2.70. The maximum Gasteiger partial charge on any atom is 0.333 e. The van der Waals surface area contributed by atoms with E-state index in [4.69, 9.17) is 0 Å². The van der Waals surface area contributed by atoms with Crippen LogP contribution in [0.4, 0.5) is 8.78 Å². The summed E-state index contributed by atoms with van der Waals surface area (Å²) in [4.78, 5) is 2.01. The van der Waals surface area contributed by atoms with E-state index in [9.17, 15) is 17.2 Å². The molecule has 0 fully saturated rings. The SMILES string of the molecule is O=S(=O)(NCc1cc2c(s1)CCCC2)c1cnn(C(F)F)c1. The van der Waals surface area contributed by atoms with E-state index in [1.165, 1.54) is 23.3 Å². The second-order valence-corrected chi connectivity index (χ2v) is 8.11. The molecule has 1 N–H and O–H groups in total. The van der Waals surface area contributed by atoms with Crippen LogP contribution in [0.15, 0.2) is 23.4 Å². The number of halogens is 2. The monoisotopic (exact) mass is 347 g/mol. The lowest BCUT2D eigenvalue weighted by atomic mass is 9.99. The van der Waals surface area contributed by atoms with Crippen LogP contribution >= 0.6 is 11.3 Å². The van der Waals surface area contributed by atoms with Crippen molar-refractivity contribution < 1.29 is 17.2 Å². The number of hydrogen-bond acceptors (Lipinski definition) is 4. The topological polar surface area (TPSA) is 64.0 Å². The van der Waals surface area contributed by atoms with Crippen LogP contribution in [0, 0.1) is 0 Å². The van der Waals surface area contributed by atoms with E-state index >= 15 is 0 Å². The average Bonchev–Trinajstić information content (AvgIpc) is 3.12. The minimum atomic E-state index is -3.83. The molecule has 0 radical (unpaired) electrons. The maximum atomic E-state index is 12.4. The van der Waals surface area contributed by atoms with Crippen LogP contribution in [0.1, 0.15) is 34.7 Å². The fourth-order valence-electron chi connectivity index (χ4n) is 2.45. The Morgan fingerprint density at radius 2 is 2.14 bits per heavy atom. The number of fused-ring (bicyclic) bond motifs is 1. The molecule has 2 aromatic rings. The summed E-state index contributed by atoms with van der Waals surface area (Å²) in [7, 11) is -3.83. The fraction of sp³-hybridized carbons (Fsp3) is 0.462. The highest BCUT2D eigenvalue weighted by atomic mass is 32.2. The summed E-state index contributed by atoms with van der Waals surface area (Å²) in [5.74, 6) is 0. The van der Waals surface area contributed by atoms with Crippen LogP contribution in [0.25, 0.3) is 0 Å². The largest absolute Gasteiger partial charge is 0.333 e. The van der Waals surface area contributed by atoms with Crippen LogP contribution in [0.5, 0.6) is 0 Å². The van der Waals surface area contributed by atoms with Crippen LogP contribution in [-0.2, 0) is 29.4 Å². The minimum Gasteiger partial charge on any atom is -0.210 e. The van der Waals surface area contributed by atoms with Crippen molar-refractivity contribution in [1.29, 1.82) is 0 Å². The summed E-state index contributed by atoms with van der Waals surface area (Å²) in [5.41, 5.74) is 1.30. The van der Waals surface area contributed by atoms with Crippen LogP contribution < -0.4 is 4.72 Å². The van der Waals surface area contributed by atoms with E-state index in [1.54, 1.807) is 11.3 Å². The number of aryl methyl sites for hydroxylation is 2. The quantitative estimate of drug-likeness (QED) is 0.904. The highest BCUT2D eigenvalue weighted by molar-refractivity contribution is 7.89. The normalized spacial score (nSPS) is 15.2. The summed E-state index contributed by atoms with van der Waals surface area (Å²) < 4.78 is 51.8. The van der Waals surface area contributed by atoms with Crippen molar-refractivity contribution in [3.8, 4) is 0 Å². The predicted molar refractivity (Wildman–Crippen MR) is 78.5 cm³/mol. The highest BCUT2D eigenvalue weighted by Crippen LogP contribution is 2.29. The van der Waals surface area contributed by atoms with Gasteiger partial charge in [0, 0.05) is 16.3 Å². The van der Waals surface area contributed by atoms with Gasteiger partial charge in [0.1, 0.15) is 4.90 Å². The molecular weight excluding hydrogens is 332 g/mol. The lowest BCUT2D eigenvalue weighted by Crippen LogP contribution is -2.22. The molecule has 9 heteroatoms. The van der Waals surface area contributed by atoms with Gasteiger partial charge in [0.2, 0.25) is 10.0 Å². The van der Waals surface area contributed by atoms with Crippen molar-refractivity contribution in [3.63, 3.8) is 0 Å². The Kier molecular flexibility index (Phi) is 4.28. The van der Waals surface area contributed by atoms with Gasteiger partial charge in [-0.25, -0.2) is 17.8 Å².